The fourth-order valence-electron chi connectivity index (χ4n) is 1.46. The van der Waals surface area contributed by atoms with Crippen LogP contribution in [0.5, 0.6) is 0 Å². The molecule has 0 spiro atoms. The molecule has 0 radical (unpaired) electrons. The smallest absolute Gasteiger partial charge is 0.255 e. The molecule has 0 saturated heterocycles. The first-order chi connectivity index (χ1) is 6.04. The highest BCUT2D eigenvalue weighted by molar-refractivity contribution is 6.04. The molecule has 1 aliphatic rings. The Morgan fingerprint density at radius 1 is 1.46 bits per heavy atom. The van der Waals surface area contributed by atoms with Gasteiger partial charge in [0.05, 0.1) is 0 Å². The van der Waals surface area contributed by atoms with E-state index >= 15 is 0 Å². The van der Waals surface area contributed by atoms with Gasteiger partial charge in [-0.25, -0.2) is 0 Å². The number of rotatable bonds is 0. The van der Waals surface area contributed by atoms with E-state index in [-0.39, 0.29) is 17.7 Å². The van der Waals surface area contributed by atoms with E-state index in [1.807, 2.05) is 13.0 Å². The highest BCUT2D eigenvalue weighted by Gasteiger charge is 2.24. The lowest BCUT2D eigenvalue weighted by Crippen LogP contribution is -2.38. The molecule has 1 unspecified atom stereocenters. The quantitative estimate of drug-likeness (QED) is 0.529. The molecular weight excluding hydrogens is 166 g/mol. The lowest BCUT2D eigenvalue weighted by atomic mass is 10.00. The van der Waals surface area contributed by atoms with Gasteiger partial charge in [-0.3, -0.25) is 14.5 Å². The monoisotopic (exact) mass is 181 g/mol. The molecule has 1 atom stereocenters. The van der Waals surface area contributed by atoms with E-state index in [1.54, 1.807) is 14.0 Å². The molecule has 0 saturated carbocycles. The Morgan fingerprint density at radius 2 is 2.08 bits per heavy atom. The van der Waals surface area contributed by atoms with Crippen LogP contribution in [0.2, 0.25) is 0 Å². The molecule has 0 N–H and O–H groups in total. The van der Waals surface area contributed by atoms with Gasteiger partial charge in [-0.1, -0.05) is 13.0 Å². The summed E-state index contributed by atoms with van der Waals surface area (Å²) in [6, 6.07) is 0. The normalized spacial score (nSPS) is 25.3. The highest BCUT2D eigenvalue weighted by atomic mass is 16.2. The summed E-state index contributed by atoms with van der Waals surface area (Å²) in [4.78, 5) is 24.2. The number of likely N-dealkylation sites (N-methyl/N-ethyl adjacent to an activating group) is 1. The minimum atomic E-state index is -0.170. The van der Waals surface area contributed by atoms with Crippen molar-refractivity contribution < 1.29 is 9.59 Å². The van der Waals surface area contributed by atoms with Crippen molar-refractivity contribution >= 4 is 11.8 Å². The maximum Gasteiger partial charge on any atom is 0.255 e. The van der Waals surface area contributed by atoms with E-state index < -0.39 is 0 Å². The minimum absolute atomic E-state index is 0.0432. The van der Waals surface area contributed by atoms with Crippen molar-refractivity contribution in [1.29, 1.82) is 0 Å². The third-order valence-corrected chi connectivity index (χ3v) is 2.44. The van der Waals surface area contributed by atoms with Crippen LogP contribution < -0.4 is 0 Å². The zero-order valence-electron chi connectivity index (χ0n) is 8.33. The Morgan fingerprint density at radius 3 is 2.69 bits per heavy atom. The molecule has 0 aromatic carbocycles. The first-order valence-electron chi connectivity index (χ1n) is 4.52. The van der Waals surface area contributed by atoms with E-state index in [0.29, 0.717) is 5.57 Å². The van der Waals surface area contributed by atoms with Crippen LogP contribution in [0.15, 0.2) is 11.6 Å². The topological polar surface area (TPSA) is 37.4 Å². The maximum absolute atomic E-state index is 11.5. The fourth-order valence-corrected chi connectivity index (χ4v) is 1.46. The fraction of sp³-hybridized carbons (Fsp3) is 0.600. The van der Waals surface area contributed by atoms with Crippen molar-refractivity contribution in [2.45, 2.75) is 26.7 Å². The maximum atomic E-state index is 11.5. The Hall–Kier alpha value is -1.12. The van der Waals surface area contributed by atoms with E-state index in [9.17, 15) is 9.59 Å². The number of allylic oxidation sites excluding steroid dienone is 1. The molecule has 0 bridgehead atoms. The van der Waals surface area contributed by atoms with E-state index in [4.69, 9.17) is 0 Å². The van der Waals surface area contributed by atoms with Gasteiger partial charge in [0, 0.05) is 18.5 Å². The predicted octanol–water partition coefficient (Wildman–Crippen LogP) is 1.35. The molecule has 0 aromatic rings. The largest absolute Gasteiger partial charge is 0.282 e. The molecule has 0 fully saturated rings. The van der Waals surface area contributed by atoms with Crippen LogP contribution in [-0.4, -0.2) is 23.8 Å². The zero-order valence-corrected chi connectivity index (χ0v) is 8.33. The molecule has 13 heavy (non-hydrogen) atoms. The Labute approximate surface area is 78.4 Å². The van der Waals surface area contributed by atoms with Gasteiger partial charge in [-0.15, -0.1) is 0 Å². The predicted molar refractivity (Wildman–Crippen MR) is 49.9 cm³/mol. The van der Waals surface area contributed by atoms with Gasteiger partial charge in [0.25, 0.3) is 5.91 Å². The average molecular weight is 181 g/mol. The second-order valence-corrected chi connectivity index (χ2v) is 3.57. The van der Waals surface area contributed by atoms with Crippen molar-refractivity contribution in [1.82, 2.24) is 4.90 Å². The van der Waals surface area contributed by atoms with Crippen molar-refractivity contribution in [3.8, 4) is 0 Å². The number of hydrogen-bond acceptors (Lipinski definition) is 2. The van der Waals surface area contributed by atoms with E-state index in [0.717, 1.165) is 12.8 Å². The molecule has 1 aliphatic heterocycles. The number of imide groups is 1. The molecule has 2 amide bonds. The van der Waals surface area contributed by atoms with Gasteiger partial charge in [0.2, 0.25) is 5.91 Å². The minimum Gasteiger partial charge on any atom is -0.282 e. The lowest BCUT2D eigenvalue weighted by molar-refractivity contribution is -0.143. The van der Waals surface area contributed by atoms with Crippen LogP contribution in [-0.2, 0) is 9.59 Å². The molecule has 1 heterocycles. The summed E-state index contributed by atoms with van der Waals surface area (Å²) in [5, 5.41) is 0. The summed E-state index contributed by atoms with van der Waals surface area (Å²) in [7, 11) is 1.55. The molecule has 3 heteroatoms. The number of carbonyl (C=O) groups is 2. The second kappa shape index (κ2) is 3.73. The van der Waals surface area contributed by atoms with Crippen LogP contribution in [0.4, 0.5) is 0 Å². The third-order valence-electron chi connectivity index (χ3n) is 2.44. The van der Waals surface area contributed by atoms with E-state index in [1.165, 1.54) is 4.90 Å². The van der Waals surface area contributed by atoms with Crippen molar-refractivity contribution in [3.63, 3.8) is 0 Å². The summed E-state index contributed by atoms with van der Waals surface area (Å²) in [6.45, 7) is 3.61. The highest BCUT2D eigenvalue weighted by Crippen LogP contribution is 2.15. The van der Waals surface area contributed by atoms with Crippen LogP contribution in [0.3, 0.4) is 0 Å². The van der Waals surface area contributed by atoms with Crippen LogP contribution >= 0.6 is 0 Å². The second-order valence-electron chi connectivity index (χ2n) is 3.57. The van der Waals surface area contributed by atoms with Gasteiger partial charge in [0.15, 0.2) is 0 Å². The van der Waals surface area contributed by atoms with Gasteiger partial charge >= 0.3 is 0 Å². The first kappa shape index (κ1) is 9.96. The molecule has 1 rings (SSSR count). The summed E-state index contributed by atoms with van der Waals surface area (Å²) >= 11 is 0. The zero-order chi connectivity index (χ0) is 10.0. The van der Waals surface area contributed by atoms with Gasteiger partial charge in [-0.05, 0) is 19.8 Å². The molecular formula is C10H15NO2. The number of nitrogens with zero attached hydrogens (tertiary/aromatic N) is 1. The van der Waals surface area contributed by atoms with Crippen molar-refractivity contribution in [2.24, 2.45) is 5.92 Å². The Balaban J connectivity index is 2.92. The summed E-state index contributed by atoms with van der Waals surface area (Å²) in [6.07, 6.45) is 3.55. The lowest BCUT2D eigenvalue weighted by Gasteiger charge is -2.22. The molecule has 0 aliphatic carbocycles. The first-order valence-corrected chi connectivity index (χ1v) is 4.52. The molecule has 72 valence electrons. The third kappa shape index (κ3) is 1.97. The average Bonchev–Trinajstić information content (AvgIpc) is 2.12. The van der Waals surface area contributed by atoms with Crippen molar-refractivity contribution in [2.75, 3.05) is 7.05 Å². The number of carbonyl (C=O) groups excluding carboxylic acids is 2. The molecule has 3 nitrogen and oxygen atoms in total. The van der Waals surface area contributed by atoms with Gasteiger partial charge < -0.3 is 0 Å². The summed E-state index contributed by atoms with van der Waals surface area (Å²) in [5.74, 6) is -0.285. The SMILES string of the molecule is CC1=CCCC(C)C(=O)N(C)C1=O. The van der Waals surface area contributed by atoms with Crippen LogP contribution in [0, 0.1) is 5.92 Å². The van der Waals surface area contributed by atoms with Gasteiger partial charge in [0.1, 0.15) is 0 Å². The summed E-state index contributed by atoms with van der Waals surface area (Å²) < 4.78 is 0. The Kier molecular flexibility index (Phi) is 2.86. The number of amides is 2. The van der Waals surface area contributed by atoms with Crippen LogP contribution in [0.25, 0.3) is 0 Å². The van der Waals surface area contributed by atoms with Crippen LogP contribution in [0.1, 0.15) is 26.7 Å². The van der Waals surface area contributed by atoms with Gasteiger partial charge in [-0.2, -0.15) is 0 Å². The standard InChI is InChI=1S/C10H15NO2/c1-7-5-4-6-8(2)10(13)11(3)9(7)12/h5,8H,4,6H2,1-3H3. The summed E-state index contributed by atoms with van der Waals surface area (Å²) in [5.41, 5.74) is 0.669. The Bertz CT molecular complexity index is 268. The molecule has 0 aromatic heterocycles. The number of hydrogen-bond donors (Lipinski definition) is 0. The van der Waals surface area contributed by atoms with E-state index in [2.05, 4.69) is 0 Å². The van der Waals surface area contributed by atoms with Crippen molar-refractivity contribution in [3.05, 3.63) is 11.6 Å².